The van der Waals surface area contributed by atoms with Crippen molar-refractivity contribution in [2.45, 2.75) is 0 Å². The molecule has 0 fully saturated rings. The van der Waals surface area contributed by atoms with E-state index in [1.165, 1.54) is 14.2 Å². The molecule has 0 spiro atoms. The van der Waals surface area contributed by atoms with Crippen LogP contribution in [0.1, 0.15) is 10.4 Å². The monoisotopic (exact) mass is 382 g/mol. The molecule has 2 N–H and O–H groups in total. The zero-order valence-electron chi connectivity index (χ0n) is 13.6. The van der Waals surface area contributed by atoms with Crippen LogP contribution in [0.25, 0.3) is 0 Å². The largest absolute Gasteiger partial charge is 0.497 e. The summed E-state index contributed by atoms with van der Waals surface area (Å²) in [7, 11) is 2.97. The van der Waals surface area contributed by atoms with Crippen LogP contribution in [0.15, 0.2) is 36.4 Å². The second-order valence-electron chi connectivity index (χ2n) is 4.99. The highest BCUT2D eigenvalue weighted by Crippen LogP contribution is 2.23. The molecular weight excluding hydrogens is 367 g/mol. The van der Waals surface area contributed by atoms with Crippen LogP contribution in [0.2, 0.25) is 10.0 Å². The first-order chi connectivity index (χ1) is 11.9. The van der Waals surface area contributed by atoms with E-state index in [2.05, 4.69) is 10.6 Å². The van der Waals surface area contributed by atoms with Gasteiger partial charge in [-0.3, -0.25) is 9.59 Å². The van der Waals surface area contributed by atoms with Crippen molar-refractivity contribution >= 4 is 40.7 Å². The Balaban J connectivity index is 1.98. The summed E-state index contributed by atoms with van der Waals surface area (Å²) in [6.45, 7) is -0.220. The lowest BCUT2D eigenvalue weighted by Crippen LogP contribution is -2.32. The molecule has 0 aliphatic carbocycles. The number of anilines is 1. The Morgan fingerprint density at radius 1 is 0.920 bits per heavy atom. The van der Waals surface area contributed by atoms with Crippen LogP contribution < -0.4 is 20.1 Å². The van der Waals surface area contributed by atoms with Crippen molar-refractivity contribution in [1.82, 2.24) is 5.32 Å². The minimum atomic E-state index is -0.434. The van der Waals surface area contributed by atoms with E-state index in [9.17, 15) is 9.59 Å². The first-order valence-corrected chi connectivity index (χ1v) is 7.94. The molecule has 2 aromatic carbocycles. The molecule has 25 heavy (non-hydrogen) atoms. The average Bonchev–Trinajstić information content (AvgIpc) is 2.58. The first kappa shape index (κ1) is 18.9. The smallest absolute Gasteiger partial charge is 0.251 e. The quantitative estimate of drug-likeness (QED) is 0.802. The summed E-state index contributed by atoms with van der Waals surface area (Å²) in [6, 6.07) is 9.41. The van der Waals surface area contributed by atoms with E-state index in [1.807, 2.05) is 0 Å². The molecule has 0 saturated heterocycles. The number of halogens is 2. The highest BCUT2D eigenvalue weighted by atomic mass is 35.5. The van der Waals surface area contributed by atoms with Crippen LogP contribution in [0.5, 0.6) is 11.5 Å². The number of amides is 2. The van der Waals surface area contributed by atoms with Crippen LogP contribution in [-0.2, 0) is 4.79 Å². The lowest BCUT2D eigenvalue weighted by Gasteiger charge is -2.10. The van der Waals surface area contributed by atoms with E-state index in [0.717, 1.165) is 0 Å². The Morgan fingerprint density at radius 3 is 2.00 bits per heavy atom. The summed E-state index contributed by atoms with van der Waals surface area (Å²) in [6.07, 6.45) is 0. The normalized spacial score (nSPS) is 10.1. The van der Waals surface area contributed by atoms with Crippen molar-refractivity contribution in [3.05, 3.63) is 52.0 Å². The summed E-state index contributed by atoms with van der Waals surface area (Å²) in [5, 5.41) is 5.92. The molecule has 0 saturated carbocycles. The van der Waals surface area contributed by atoms with Gasteiger partial charge >= 0.3 is 0 Å². The molecule has 2 aromatic rings. The van der Waals surface area contributed by atoms with E-state index in [1.54, 1.807) is 36.4 Å². The number of methoxy groups -OCH3 is 2. The number of hydrogen-bond acceptors (Lipinski definition) is 4. The van der Waals surface area contributed by atoms with Crippen LogP contribution in [0.4, 0.5) is 5.69 Å². The third kappa shape index (κ3) is 5.55. The molecule has 0 aromatic heterocycles. The summed E-state index contributed by atoms with van der Waals surface area (Å²) in [5.74, 6) is 0.100. The van der Waals surface area contributed by atoms with Gasteiger partial charge in [0.2, 0.25) is 5.91 Å². The number of nitrogens with one attached hydrogen (secondary N) is 2. The van der Waals surface area contributed by atoms with E-state index >= 15 is 0 Å². The van der Waals surface area contributed by atoms with Crippen molar-refractivity contribution in [1.29, 1.82) is 0 Å². The summed E-state index contributed by atoms with van der Waals surface area (Å²) in [4.78, 5) is 24.2. The SMILES string of the molecule is COc1cc(OC)cc(C(=O)NCC(=O)Nc2cc(Cl)cc(Cl)c2)c1. The predicted octanol–water partition coefficient (Wildman–Crippen LogP) is 3.38. The van der Waals surface area contributed by atoms with Gasteiger partial charge in [-0.15, -0.1) is 0 Å². The van der Waals surface area contributed by atoms with Crippen molar-refractivity contribution in [3.8, 4) is 11.5 Å². The number of carbonyl (C=O) groups excluding carboxylic acids is 2. The standard InChI is InChI=1S/C17H16Cl2N2O4/c1-24-14-3-10(4-15(8-14)25-2)17(23)20-9-16(22)21-13-6-11(18)5-12(19)7-13/h3-8H,9H2,1-2H3,(H,20,23)(H,21,22). The molecule has 0 heterocycles. The lowest BCUT2D eigenvalue weighted by atomic mass is 10.2. The second-order valence-corrected chi connectivity index (χ2v) is 5.86. The molecule has 2 amide bonds. The number of hydrogen-bond donors (Lipinski definition) is 2. The number of rotatable bonds is 6. The maximum atomic E-state index is 12.2. The molecule has 132 valence electrons. The Bertz CT molecular complexity index is 754. The minimum Gasteiger partial charge on any atom is -0.497 e. The zero-order chi connectivity index (χ0) is 18.4. The maximum absolute atomic E-state index is 12.2. The van der Waals surface area contributed by atoms with Crippen LogP contribution in [0.3, 0.4) is 0 Å². The Kier molecular flexibility index (Phi) is 6.50. The molecule has 0 atom stereocenters. The molecular formula is C17H16Cl2N2O4. The third-order valence-corrected chi connectivity index (χ3v) is 3.61. The number of ether oxygens (including phenoxy) is 2. The molecule has 2 rings (SSSR count). The molecule has 8 heteroatoms. The highest BCUT2D eigenvalue weighted by Gasteiger charge is 2.12. The summed E-state index contributed by atoms with van der Waals surface area (Å²) in [5.41, 5.74) is 0.759. The zero-order valence-corrected chi connectivity index (χ0v) is 15.1. The van der Waals surface area contributed by atoms with Gasteiger partial charge in [0.05, 0.1) is 20.8 Å². The molecule has 0 bridgehead atoms. The highest BCUT2D eigenvalue weighted by molar-refractivity contribution is 6.35. The van der Waals surface area contributed by atoms with Gasteiger partial charge in [0.25, 0.3) is 5.91 Å². The first-order valence-electron chi connectivity index (χ1n) is 7.18. The van der Waals surface area contributed by atoms with Gasteiger partial charge in [-0.25, -0.2) is 0 Å². The average molecular weight is 383 g/mol. The predicted molar refractivity (Wildman–Crippen MR) is 97.0 cm³/mol. The Hall–Kier alpha value is -2.44. The molecule has 0 unspecified atom stereocenters. The van der Waals surface area contributed by atoms with Gasteiger partial charge < -0.3 is 20.1 Å². The van der Waals surface area contributed by atoms with Gasteiger partial charge in [0, 0.05) is 27.4 Å². The van der Waals surface area contributed by atoms with E-state index in [-0.39, 0.29) is 6.54 Å². The molecule has 0 radical (unpaired) electrons. The number of carbonyl (C=O) groups is 2. The fourth-order valence-corrected chi connectivity index (χ4v) is 2.56. The Labute approximate surface area is 155 Å². The van der Waals surface area contributed by atoms with Gasteiger partial charge in [0.1, 0.15) is 11.5 Å². The third-order valence-electron chi connectivity index (χ3n) is 3.17. The molecule has 0 aliphatic rings. The van der Waals surface area contributed by atoms with Crippen LogP contribution >= 0.6 is 23.2 Å². The van der Waals surface area contributed by atoms with Crippen LogP contribution in [-0.4, -0.2) is 32.6 Å². The topological polar surface area (TPSA) is 76.7 Å². The fourth-order valence-electron chi connectivity index (χ4n) is 2.03. The van der Waals surface area contributed by atoms with Crippen molar-refractivity contribution in [3.63, 3.8) is 0 Å². The van der Waals surface area contributed by atoms with Crippen molar-refractivity contribution < 1.29 is 19.1 Å². The van der Waals surface area contributed by atoms with Crippen molar-refractivity contribution in [2.24, 2.45) is 0 Å². The van der Waals surface area contributed by atoms with Crippen LogP contribution in [0, 0.1) is 0 Å². The fraction of sp³-hybridized carbons (Fsp3) is 0.176. The summed E-state index contributed by atoms with van der Waals surface area (Å²) >= 11 is 11.7. The number of benzene rings is 2. The van der Waals surface area contributed by atoms with E-state index in [4.69, 9.17) is 32.7 Å². The minimum absolute atomic E-state index is 0.220. The lowest BCUT2D eigenvalue weighted by molar-refractivity contribution is -0.115. The van der Waals surface area contributed by atoms with Gasteiger partial charge in [0.15, 0.2) is 0 Å². The van der Waals surface area contributed by atoms with Gasteiger partial charge in [-0.2, -0.15) is 0 Å². The Morgan fingerprint density at radius 2 is 1.48 bits per heavy atom. The molecule has 0 aliphatic heterocycles. The van der Waals surface area contributed by atoms with E-state index in [0.29, 0.717) is 32.8 Å². The van der Waals surface area contributed by atoms with Crippen molar-refractivity contribution in [2.75, 3.05) is 26.1 Å². The van der Waals surface area contributed by atoms with E-state index < -0.39 is 11.8 Å². The summed E-state index contributed by atoms with van der Waals surface area (Å²) < 4.78 is 10.2. The maximum Gasteiger partial charge on any atom is 0.251 e. The molecule has 6 nitrogen and oxygen atoms in total. The van der Waals surface area contributed by atoms with Gasteiger partial charge in [-0.1, -0.05) is 23.2 Å². The second kappa shape index (κ2) is 8.60. The van der Waals surface area contributed by atoms with Gasteiger partial charge in [-0.05, 0) is 30.3 Å².